The summed E-state index contributed by atoms with van der Waals surface area (Å²) in [4.78, 5) is 29.9. The van der Waals surface area contributed by atoms with Crippen LogP contribution in [0.5, 0.6) is 0 Å². The van der Waals surface area contributed by atoms with E-state index in [1.54, 1.807) is 6.92 Å². The van der Waals surface area contributed by atoms with Crippen molar-refractivity contribution in [3.05, 3.63) is 0 Å². The lowest BCUT2D eigenvalue weighted by Crippen LogP contribution is -2.50. The van der Waals surface area contributed by atoms with E-state index in [-0.39, 0.29) is 5.78 Å². The Labute approximate surface area is 128 Å². The Hall–Kier alpha value is -0.940. The van der Waals surface area contributed by atoms with Crippen molar-refractivity contribution in [1.29, 1.82) is 0 Å². The molecule has 0 N–H and O–H groups in total. The first kappa shape index (κ1) is 16.4. The highest BCUT2D eigenvalue weighted by Gasteiger charge is 2.29. The lowest BCUT2D eigenvalue weighted by molar-refractivity contribution is -0.137. The molecule has 5 nitrogen and oxygen atoms in total. The van der Waals surface area contributed by atoms with Crippen molar-refractivity contribution < 1.29 is 9.59 Å². The van der Waals surface area contributed by atoms with Crippen LogP contribution < -0.4 is 0 Å². The molecule has 0 aromatic rings. The molecular weight excluding hydrogens is 266 g/mol. The molecule has 0 aromatic heterocycles. The van der Waals surface area contributed by atoms with Crippen molar-refractivity contribution in [3.63, 3.8) is 0 Å². The van der Waals surface area contributed by atoms with Crippen molar-refractivity contribution >= 4 is 11.7 Å². The molecule has 5 heteroatoms. The predicted octanol–water partition coefficient (Wildman–Crippen LogP) is 0.840. The molecule has 2 aliphatic heterocycles. The summed E-state index contributed by atoms with van der Waals surface area (Å²) in [6.45, 7) is 12.3. The fourth-order valence-electron chi connectivity index (χ4n) is 3.42. The van der Waals surface area contributed by atoms with Gasteiger partial charge in [0.2, 0.25) is 5.91 Å². The van der Waals surface area contributed by atoms with E-state index in [0.717, 1.165) is 45.7 Å². The molecule has 0 bridgehead atoms. The number of likely N-dealkylation sites (tertiary alicyclic amines) is 1. The standard InChI is InChI=1S/C16H29N3O2/c1-13(2)19-5-4-15(10-16(19)21)12-18-8-6-17(7-9-18)11-14(3)20/h13,15H,4-12H2,1-3H3. The fourth-order valence-corrected chi connectivity index (χ4v) is 3.42. The molecule has 2 saturated heterocycles. The number of hydrogen-bond acceptors (Lipinski definition) is 4. The number of amides is 1. The number of Topliss-reactive ketones (excluding diaryl/α,β-unsaturated/α-hetero) is 1. The summed E-state index contributed by atoms with van der Waals surface area (Å²) in [6.07, 6.45) is 1.82. The molecule has 1 atom stereocenters. The molecule has 2 rings (SSSR count). The minimum absolute atomic E-state index is 0.245. The number of hydrogen-bond donors (Lipinski definition) is 0. The number of carbonyl (C=O) groups excluding carboxylic acids is 2. The third kappa shape index (κ3) is 4.78. The van der Waals surface area contributed by atoms with Crippen LogP contribution in [0.2, 0.25) is 0 Å². The normalized spacial score (nSPS) is 25.6. The molecule has 1 unspecified atom stereocenters. The Morgan fingerprint density at radius 1 is 1.14 bits per heavy atom. The van der Waals surface area contributed by atoms with Gasteiger partial charge in [-0.05, 0) is 33.1 Å². The van der Waals surface area contributed by atoms with Crippen LogP contribution >= 0.6 is 0 Å². The Balaban J connectivity index is 1.72. The molecule has 0 radical (unpaired) electrons. The van der Waals surface area contributed by atoms with Crippen LogP contribution in [-0.2, 0) is 9.59 Å². The maximum Gasteiger partial charge on any atom is 0.223 e. The van der Waals surface area contributed by atoms with Crippen molar-refractivity contribution in [2.45, 2.75) is 39.7 Å². The molecule has 2 aliphatic rings. The SMILES string of the molecule is CC(=O)CN1CCN(CC2CCN(C(C)C)C(=O)C2)CC1. The van der Waals surface area contributed by atoms with Gasteiger partial charge in [-0.2, -0.15) is 0 Å². The van der Waals surface area contributed by atoms with Gasteiger partial charge in [0.25, 0.3) is 0 Å². The van der Waals surface area contributed by atoms with E-state index in [4.69, 9.17) is 0 Å². The van der Waals surface area contributed by atoms with Crippen molar-refractivity contribution in [3.8, 4) is 0 Å². The molecule has 21 heavy (non-hydrogen) atoms. The summed E-state index contributed by atoms with van der Waals surface area (Å²) in [7, 11) is 0. The zero-order valence-corrected chi connectivity index (χ0v) is 13.7. The molecule has 2 fully saturated rings. The number of ketones is 1. The van der Waals surface area contributed by atoms with Gasteiger partial charge in [-0.25, -0.2) is 0 Å². The van der Waals surface area contributed by atoms with Crippen LogP contribution in [0.1, 0.15) is 33.6 Å². The average molecular weight is 295 g/mol. The smallest absolute Gasteiger partial charge is 0.223 e. The second kappa shape index (κ2) is 7.36. The molecule has 0 aliphatic carbocycles. The molecular formula is C16H29N3O2. The van der Waals surface area contributed by atoms with E-state index < -0.39 is 0 Å². The summed E-state index contributed by atoms with van der Waals surface area (Å²) < 4.78 is 0. The van der Waals surface area contributed by atoms with Gasteiger partial charge in [-0.3, -0.25) is 14.5 Å². The van der Waals surface area contributed by atoms with Crippen LogP contribution in [0.15, 0.2) is 0 Å². The molecule has 1 amide bonds. The fraction of sp³-hybridized carbons (Fsp3) is 0.875. The van der Waals surface area contributed by atoms with Gasteiger partial charge < -0.3 is 9.80 Å². The number of rotatable bonds is 5. The van der Waals surface area contributed by atoms with Gasteiger partial charge in [0.05, 0.1) is 6.54 Å². The Bertz CT molecular complexity index is 376. The maximum atomic E-state index is 12.1. The first-order valence-corrected chi connectivity index (χ1v) is 8.19. The molecule has 2 heterocycles. The Morgan fingerprint density at radius 2 is 1.76 bits per heavy atom. The van der Waals surface area contributed by atoms with Gasteiger partial charge in [-0.15, -0.1) is 0 Å². The van der Waals surface area contributed by atoms with Crippen LogP contribution in [0.3, 0.4) is 0 Å². The second-order valence-electron chi connectivity index (χ2n) is 6.82. The van der Waals surface area contributed by atoms with E-state index in [0.29, 0.717) is 30.8 Å². The third-order valence-electron chi connectivity index (χ3n) is 4.61. The van der Waals surface area contributed by atoms with Crippen LogP contribution in [-0.4, -0.2) is 78.2 Å². The lowest BCUT2D eigenvalue weighted by atomic mass is 9.94. The van der Waals surface area contributed by atoms with Gasteiger partial charge in [-0.1, -0.05) is 0 Å². The average Bonchev–Trinajstić information content (AvgIpc) is 2.40. The van der Waals surface area contributed by atoms with E-state index in [9.17, 15) is 9.59 Å². The number of piperidine rings is 1. The van der Waals surface area contributed by atoms with Crippen LogP contribution in [0.4, 0.5) is 0 Å². The minimum Gasteiger partial charge on any atom is -0.340 e. The zero-order valence-electron chi connectivity index (χ0n) is 13.7. The quantitative estimate of drug-likeness (QED) is 0.754. The highest BCUT2D eigenvalue weighted by Crippen LogP contribution is 2.21. The summed E-state index contributed by atoms with van der Waals surface area (Å²) >= 11 is 0. The number of piperazine rings is 1. The first-order chi connectivity index (χ1) is 9.95. The summed E-state index contributed by atoms with van der Waals surface area (Å²) in [6, 6.07) is 0.327. The Kier molecular flexibility index (Phi) is 5.76. The van der Waals surface area contributed by atoms with Gasteiger partial charge in [0.1, 0.15) is 5.78 Å². The van der Waals surface area contributed by atoms with Gasteiger partial charge in [0, 0.05) is 51.7 Å². The van der Waals surface area contributed by atoms with Crippen LogP contribution in [0.25, 0.3) is 0 Å². The molecule has 0 spiro atoms. The largest absolute Gasteiger partial charge is 0.340 e. The predicted molar refractivity (Wildman–Crippen MR) is 83.1 cm³/mol. The highest BCUT2D eigenvalue weighted by molar-refractivity contribution is 5.78. The first-order valence-electron chi connectivity index (χ1n) is 8.19. The highest BCUT2D eigenvalue weighted by atomic mass is 16.2. The Morgan fingerprint density at radius 3 is 2.29 bits per heavy atom. The van der Waals surface area contributed by atoms with Gasteiger partial charge in [0.15, 0.2) is 0 Å². The van der Waals surface area contributed by atoms with Crippen molar-refractivity contribution in [1.82, 2.24) is 14.7 Å². The summed E-state index contributed by atoms with van der Waals surface area (Å²) in [5.41, 5.74) is 0. The number of carbonyl (C=O) groups is 2. The monoisotopic (exact) mass is 295 g/mol. The molecule has 0 aromatic carbocycles. The second-order valence-corrected chi connectivity index (χ2v) is 6.82. The zero-order chi connectivity index (χ0) is 15.4. The summed E-state index contributed by atoms with van der Waals surface area (Å²) in [5.74, 6) is 1.07. The number of nitrogens with zero attached hydrogens (tertiary/aromatic N) is 3. The van der Waals surface area contributed by atoms with E-state index in [1.807, 2.05) is 4.90 Å². The molecule has 120 valence electrons. The van der Waals surface area contributed by atoms with Gasteiger partial charge >= 0.3 is 0 Å². The lowest BCUT2D eigenvalue weighted by Gasteiger charge is -2.39. The maximum absolute atomic E-state index is 12.1. The van der Waals surface area contributed by atoms with Crippen molar-refractivity contribution in [2.24, 2.45) is 5.92 Å². The van der Waals surface area contributed by atoms with Crippen LogP contribution in [0, 0.1) is 5.92 Å². The van der Waals surface area contributed by atoms with E-state index >= 15 is 0 Å². The van der Waals surface area contributed by atoms with E-state index in [1.165, 1.54) is 0 Å². The topological polar surface area (TPSA) is 43.9 Å². The van der Waals surface area contributed by atoms with Crippen molar-refractivity contribution in [2.75, 3.05) is 45.8 Å². The third-order valence-corrected chi connectivity index (χ3v) is 4.61. The minimum atomic E-state index is 0.245. The molecule has 0 saturated carbocycles. The summed E-state index contributed by atoms with van der Waals surface area (Å²) in [5, 5.41) is 0. The van der Waals surface area contributed by atoms with E-state index in [2.05, 4.69) is 23.6 Å².